The summed E-state index contributed by atoms with van der Waals surface area (Å²) in [6.07, 6.45) is 0. The molecule has 2 heterocycles. The molecule has 1 N–H and O–H groups in total. The molecule has 0 saturated heterocycles. The van der Waals surface area contributed by atoms with E-state index >= 15 is 0 Å². The number of hydrogen-bond acceptors (Lipinski definition) is 6. The predicted octanol–water partition coefficient (Wildman–Crippen LogP) is 3.24. The number of ether oxygens (including phenoxy) is 2. The third kappa shape index (κ3) is 2.83. The van der Waals surface area contributed by atoms with Crippen LogP contribution in [0.4, 0.5) is 5.69 Å². The number of fused-ring (bicyclic) bond motifs is 1. The fourth-order valence-corrected chi connectivity index (χ4v) is 5.04. The predicted molar refractivity (Wildman–Crippen MR) is 85.4 cm³/mol. The number of ketones is 1. The topological polar surface area (TPSA) is 81.7 Å². The van der Waals surface area contributed by atoms with Crippen LogP contribution in [0.15, 0.2) is 32.3 Å². The van der Waals surface area contributed by atoms with Crippen molar-refractivity contribution in [2.24, 2.45) is 0 Å². The van der Waals surface area contributed by atoms with Crippen molar-refractivity contribution < 1.29 is 22.7 Å². The van der Waals surface area contributed by atoms with Crippen LogP contribution < -0.4 is 14.2 Å². The average Bonchev–Trinajstić information content (AvgIpc) is 3.05. The zero-order valence-electron chi connectivity index (χ0n) is 11.3. The lowest BCUT2D eigenvalue weighted by Gasteiger charge is -2.11. The van der Waals surface area contributed by atoms with Crippen molar-refractivity contribution in [3.8, 4) is 11.5 Å². The van der Waals surface area contributed by atoms with E-state index in [0.717, 1.165) is 11.3 Å². The normalized spacial score (nSPS) is 13.2. The second-order valence-electron chi connectivity index (χ2n) is 4.47. The van der Waals surface area contributed by atoms with Crippen molar-refractivity contribution in [3.63, 3.8) is 0 Å². The molecule has 0 radical (unpaired) electrons. The average molecular weight is 404 g/mol. The SMILES string of the molecule is CC(=O)c1cc2c(cc1NS(=O)(=O)c1ccc(Br)s1)OCO2. The lowest BCUT2D eigenvalue weighted by Crippen LogP contribution is -2.14. The molecule has 1 aromatic carbocycles. The Morgan fingerprint density at radius 3 is 2.55 bits per heavy atom. The number of thiophene rings is 1. The van der Waals surface area contributed by atoms with Gasteiger partial charge >= 0.3 is 0 Å². The van der Waals surface area contributed by atoms with Crippen LogP contribution in [0.25, 0.3) is 0 Å². The summed E-state index contributed by atoms with van der Waals surface area (Å²) in [6.45, 7) is 1.40. The summed E-state index contributed by atoms with van der Waals surface area (Å²) in [5.74, 6) is 0.547. The summed E-state index contributed by atoms with van der Waals surface area (Å²) in [5, 5.41) is 0. The monoisotopic (exact) mass is 403 g/mol. The van der Waals surface area contributed by atoms with E-state index in [4.69, 9.17) is 9.47 Å². The Bertz CT molecular complexity index is 859. The van der Waals surface area contributed by atoms with E-state index in [9.17, 15) is 13.2 Å². The maximum absolute atomic E-state index is 12.4. The zero-order valence-corrected chi connectivity index (χ0v) is 14.5. The van der Waals surface area contributed by atoms with Crippen molar-refractivity contribution in [2.75, 3.05) is 11.5 Å². The van der Waals surface area contributed by atoms with Crippen LogP contribution >= 0.6 is 27.3 Å². The molecule has 0 spiro atoms. The van der Waals surface area contributed by atoms with E-state index in [1.165, 1.54) is 25.1 Å². The molecule has 0 saturated carbocycles. The summed E-state index contributed by atoms with van der Waals surface area (Å²) in [6, 6.07) is 6.06. The number of sulfonamides is 1. The van der Waals surface area contributed by atoms with Gasteiger partial charge in [-0.05, 0) is 41.1 Å². The van der Waals surface area contributed by atoms with Gasteiger partial charge in [-0.3, -0.25) is 9.52 Å². The van der Waals surface area contributed by atoms with Crippen LogP contribution in [-0.2, 0) is 10.0 Å². The molecule has 0 atom stereocenters. The van der Waals surface area contributed by atoms with Gasteiger partial charge in [-0.15, -0.1) is 11.3 Å². The number of benzene rings is 1. The maximum Gasteiger partial charge on any atom is 0.271 e. The Balaban J connectivity index is 2.03. The molecule has 0 unspecified atom stereocenters. The first-order valence-electron chi connectivity index (χ1n) is 6.09. The molecular weight excluding hydrogens is 394 g/mol. The highest BCUT2D eigenvalue weighted by atomic mass is 79.9. The number of nitrogens with one attached hydrogen (secondary N) is 1. The minimum atomic E-state index is -3.78. The number of carbonyl (C=O) groups excluding carboxylic acids is 1. The molecule has 3 rings (SSSR count). The first-order chi connectivity index (χ1) is 10.4. The minimum absolute atomic E-state index is 0.0424. The van der Waals surface area contributed by atoms with Crippen LogP contribution in [0.2, 0.25) is 0 Å². The fourth-order valence-electron chi connectivity index (χ4n) is 1.95. The Labute approximate surface area is 139 Å². The molecular formula is C13H10BrNO5S2. The number of anilines is 1. The molecule has 22 heavy (non-hydrogen) atoms. The molecule has 1 aliphatic heterocycles. The molecule has 116 valence electrons. The summed E-state index contributed by atoms with van der Waals surface area (Å²) in [5.41, 5.74) is 0.393. The Morgan fingerprint density at radius 1 is 1.27 bits per heavy atom. The van der Waals surface area contributed by atoms with Gasteiger partial charge in [0.15, 0.2) is 17.3 Å². The largest absolute Gasteiger partial charge is 0.454 e. The highest BCUT2D eigenvalue weighted by Gasteiger charge is 2.23. The van der Waals surface area contributed by atoms with Gasteiger partial charge in [-0.25, -0.2) is 8.42 Å². The molecule has 1 aliphatic rings. The summed E-state index contributed by atoms with van der Waals surface area (Å²) < 4.78 is 38.5. The second-order valence-corrected chi connectivity index (χ2v) is 8.84. The quantitative estimate of drug-likeness (QED) is 0.792. The number of rotatable bonds is 4. The molecule has 2 aromatic rings. The van der Waals surface area contributed by atoms with Crippen molar-refractivity contribution in [2.45, 2.75) is 11.1 Å². The van der Waals surface area contributed by atoms with Gasteiger partial charge in [0.25, 0.3) is 10.0 Å². The first kappa shape index (κ1) is 15.3. The molecule has 0 fully saturated rings. The third-order valence-electron chi connectivity index (χ3n) is 2.95. The van der Waals surface area contributed by atoms with Crippen molar-refractivity contribution in [3.05, 3.63) is 33.6 Å². The summed E-state index contributed by atoms with van der Waals surface area (Å²) in [4.78, 5) is 11.8. The zero-order chi connectivity index (χ0) is 15.9. The maximum atomic E-state index is 12.4. The van der Waals surface area contributed by atoms with Gasteiger partial charge in [0.05, 0.1) is 9.47 Å². The van der Waals surface area contributed by atoms with E-state index in [0.29, 0.717) is 15.3 Å². The minimum Gasteiger partial charge on any atom is -0.454 e. The molecule has 6 nitrogen and oxygen atoms in total. The van der Waals surface area contributed by atoms with Gasteiger partial charge in [0, 0.05) is 11.6 Å². The van der Waals surface area contributed by atoms with Crippen molar-refractivity contribution in [1.82, 2.24) is 0 Å². The highest BCUT2D eigenvalue weighted by molar-refractivity contribution is 9.11. The van der Waals surface area contributed by atoms with Gasteiger partial charge in [0.1, 0.15) is 4.21 Å². The van der Waals surface area contributed by atoms with Crippen LogP contribution in [0.1, 0.15) is 17.3 Å². The Hall–Kier alpha value is -1.58. The van der Waals surface area contributed by atoms with E-state index < -0.39 is 10.0 Å². The first-order valence-corrected chi connectivity index (χ1v) is 9.19. The van der Waals surface area contributed by atoms with Crippen molar-refractivity contribution >= 4 is 48.8 Å². The standard InChI is InChI=1S/C13H10BrNO5S2/c1-7(16)8-4-10-11(20-6-19-10)5-9(8)15-22(17,18)13-3-2-12(14)21-13/h2-5,15H,6H2,1H3. The van der Waals surface area contributed by atoms with E-state index in [1.54, 1.807) is 6.07 Å². The van der Waals surface area contributed by atoms with Gasteiger partial charge in [-0.1, -0.05) is 0 Å². The van der Waals surface area contributed by atoms with E-state index in [-0.39, 0.29) is 28.0 Å². The van der Waals surface area contributed by atoms with Crippen LogP contribution in [-0.4, -0.2) is 21.0 Å². The molecule has 0 bridgehead atoms. The van der Waals surface area contributed by atoms with E-state index in [2.05, 4.69) is 20.7 Å². The highest BCUT2D eigenvalue weighted by Crippen LogP contribution is 2.38. The number of halogens is 1. The van der Waals surface area contributed by atoms with Gasteiger partial charge in [0.2, 0.25) is 6.79 Å². The van der Waals surface area contributed by atoms with E-state index in [1.807, 2.05) is 0 Å². The molecule has 9 heteroatoms. The second kappa shape index (κ2) is 5.56. The van der Waals surface area contributed by atoms with Gasteiger partial charge in [-0.2, -0.15) is 0 Å². The molecule has 1 aromatic heterocycles. The lowest BCUT2D eigenvalue weighted by molar-refractivity contribution is 0.101. The van der Waals surface area contributed by atoms with Crippen LogP contribution in [0.3, 0.4) is 0 Å². The number of carbonyl (C=O) groups is 1. The fraction of sp³-hybridized carbons (Fsp3) is 0.154. The Morgan fingerprint density at radius 2 is 1.95 bits per heavy atom. The number of hydrogen-bond donors (Lipinski definition) is 1. The van der Waals surface area contributed by atoms with Gasteiger partial charge < -0.3 is 9.47 Å². The third-order valence-corrected chi connectivity index (χ3v) is 6.43. The summed E-state index contributed by atoms with van der Waals surface area (Å²) in [7, 11) is -3.78. The lowest BCUT2D eigenvalue weighted by atomic mass is 10.1. The van der Waals surface area contributed by atoms with Crippen LogP contribution in [0.5, 0.6) is 11.5 Å². The van der Waals surface area contributed by atoms with Crippen molar-refractivity contribution in [1.29, 1.82) is 0 Å². The number of Topliss-reactive ketones (excluding diaryl/α,β-unsaturated/α-hetero) is 1. The smallest absolute Gasteiger partial charge is 0.271 e. The molecule has 0 aliphatic carbocycles. The summed E-state index contributed by atoms with van der Waals surface area (Å²) >= 11 is 4.30. The molecule has 0 amide bonds. The Kier molecular flexibility index (Phi) is 3.87. The van der Waals surface area contributed by atoms with Crippen LogP contribution in [0, 0.1) is 0 Å².